The maximum absolute atomic E-state index is 5.89. The molecule has 0 aromatic carbocycles. The second-order valence-corrected chi connectivity index (χ2v) is 3.85. The van der Waals surface area contributed by atoms with E-state index in [1.165, 1.54) is 15.3 Å². The van der Waals surface area contributed by atoms with Crippen molar-refractivity contribution in [2.45, 2.75) is 19.4 Å². The summed E-state index contributed by atoms with van der Waals surface area (Å²) < 4.78 is 1.38. The molecule has 1 aromatic rings. The van der Waals surface area contributed by atoms with Crippen molar-refractivity contribution in [3.05, 3.63) is 21.2 Å². The van der Waals surface area contributed by atoms with Gasteiger partial charge in [-0.2, -0.15) is 0 Å². The molecular formula is C9H11NS. The Labute approximate surface area is 69.9 Å². The number of nitrogens with two attached hydrogens (primary N) is 1. The SMILES string of the molecule is CC1=c2sccc2=CCC1N. The van der Waals surface area contributed by atoms with Crippen LogP contribution >= 0.6 is 11.3 Å². The van der Waals surface area contributed by atoms with Crippen LogP contribution in [-0.2, 0) is 0 Å². The smallest absolute Gasteiger partial charge is 0.0344 e. The normalized spacial score (nSPS) is 22.7. The molecule has 1 aromatic heterocycles. The van der Waals surface area contributed by atoms with Crippen LogP contribution in [0.15, 0.2) is 11.4 Å². The molecule has 0 saturated carbocycles. The molecule has 1 nitrogen and oxygen atoms in total. The van der Waals surface area contributed by atoms with Crippen LogP contribution in [0.1, 0.15) is 13.3 Å². The summed E-state index contributed by atoms with van der Waals surface area (Å²) in [5.41, 5.74) is 7.24. The Hall–Kier alpha value is -0.600. The van der Waals surface area contributed by atoms with Crippen molar-refractivity contribution in [2.75, 3.05) is 0 Å². The third-order valence-corrected chi connectivity index (χ3v) is 3.27. The van der Waals surface area contributed by atoms with Crippen molar-refractivity contribution in [3.63, 3.8) is 0 Å². The highest BCUT2D eigenvalue weighted by atomic mass is 32.1. The van der Waals surface area contributed by atoms with Crippen LogP contribution in [0.25, 0.3) is 11.6 Å². The summed E-state index contributed by atoms with van der Waals surface area (Å²) in [7, 11) is 0. The van der Waals surface area contributed by atoms with E-state index in [0.717, 1.165) is 6.42 Å². The quantitative estimate of drug-likeness (QED) is 0.593. The summed E-state index contributed by atoms with van der Waals surface area (Å²) in [5.74, 6) is 0. The largest absolute Gasteiger partial charge is 0.324 e. The Morgan fingerprint density at radius 2 is 2.45 bits per heavy atom. The number of fused-ring (bicyclic) bond motifs is 1. The van der Waals surface area contributed by atoms with Crippen molar-refractivity contribution in [3.8, 4) is 0 Å². The first kappa shape index (κ1) is 7.07. The predicted octanol–water partition coefficient (Wildman–Crippen LogP) is 0.430. The van der Waals surface area contributed by atoms with Gasteiger partial charge < -0.3 is 5.73 Å². The van der Waals surface area contributed by atoms with E-state index in [-0.39, 0.29) is 6.04 Å². The van der Waals surface area contributed by atoms with Gasteiger partial charge in [0.25, 0.3) is 0 Å². The van der Waals surface area contributed by atoms with Gasteiger partial charge in [-0.3, -0.25) is 0 Å². The summed E-state index contributed by atoms with van der Waals surface area (Å²) >= 11 is 1.79. The van der Waals surface area contributed by atoms with Crippen molar-refractivity contribution >= 4 is 23.0 Å². The van der Waals surface area contributed by atoms with Crippen LogP contribution in [0.2, 0.25) is 0 Å². The van der Waals surface area contributed by atoms with Crippen LogP contribution in [-0.4, -0.2) is 6.04 Å². The third-order valence-electron chi connectivity index (χ3n) is 2.20. The van der Waals surface area contributed by atoms with Gasteiger partial charge in [0.05, 0.1) is 0 Å². The van der Waals surface area contributed by atoms with Crippen LogP contribution < -0.4 is 15.5 Å². The van der Waals surface area contributed by atoms with Crippen LogP contribution in [0, 0.1) is 0 Å². The number of rotatable bonds is 0. The van der Waals surface area contributed by atoms with Gasteiger partial charge in [-0.1, -0.05) is 6.08 Å². The van der Waals surface area contributed by atoms with Gasteiger partial charge in [-0.05, 0) is 35.6 Å². The predicted molar refractivity (Wildman–Crippen MR) is 49.7 cm³/mol. The van der Waals surface area contributed by atoms with E-state index in [1.54, 1.807) is 11.3 Å². The molecule has 0 saturated heterocycles. The van der Waals surface area contributed by atoms with Crippen LogP contribution in [0.4, 0.5) is 0 Å². The zero-order chi connectivity index (χ0) is 7.84. The monoisotopic (exact) mass is 165 g/mol. The fourth-order valence-electron chi connectivity index (χ4n) is 1.40. The van der Waals surface area contributed by atoms with Crippen molar-refractivity contribution in [1.29, 1.82) is 0 Å². The van der Waals surface area contributed by atoms with Crippen molar-refractivity contribution in [2.24, 2.45) is 5.73 Å². The first-order chi connectivity index (χ1) is 5.29. The highest BCUT2D eigenvalue weighted by Crippen LogP contribution is 2.06. The van der Waals surface area contributed by atoms with Gasteiger partial charge in [-0.15, -0.1) is 11.3 Å². The molecule has 0 radical (unpaired) electrons. The molecule has 0 fully saturated rings. The standard InChI is InChI=1S/C9H11NS/c1-6-8(10)3-2-7-4-5-11-9(6)7/h2,4-5,8H,3,10H2,1H3. The summed E-state index contributed by atoms with van der Waals surface area (Å²) in [6.07, 6.45) is 3.22. The minimum absolute atomic E-state index is 0.251. The van der Waals surface area contributed by atoms with Gasteiger partial charge in [0.2, 0.25) is 0 Å². The zero-order valence-corrected chi connectivity index (χ0v) is 7.32. The zero-order valence-electron chi connectivity index (χ0n) is 6.50. The molecule has 1 aliphatic rings. The molecule has 0 bridgehead atoms. The lowest BCUT2D eigenvalue weighted by molar-refractivity contribution is 0.857. The number of thiophene rings is 1. The van der Waals surface area contributed by atoms with Crippen LogP contribution in [0.3, 0.4) is 0 Å². The van der Waals surface area contributed by atoms with Gasteiger partial charge in [0, 0.05) is 10.6 Å². The average Bonchev–Trinajstić information content (AvgIpc) is 2.45. The topological polar surface area (TPSA) is 26.0 Å². The molecule has 2 heteroatoms. The van der Waals surface area contributed by atoms with Gasteiger partial charge in [0.1, 0.15) is 0 Å². The molecule has 0 spiro atoms. The van der Waals surface area contributed by atoms with E-state index >= 15 is 0 Å². The average molecular weight is 165 g/mol. The number of hydrogen-bond donors (Lipinski definition) is 1. The molecule has 0 aliphatic heterocycles. The summed E-state index contributed by atoms with van der Waals surface area (Å²) in [4.78, 5) is 0. The molecule has 1 heterocycles. The molecule has 2 rings (SSSR count). The van der Waals surface area contributed by atoms with Crippen molar-refractivity contribution in [1.82, 2.24) is 0 Å². The van der Waals surface area contributed by atoms with E-state index in [0.29, 0.717) is 0 Å². The Kier molecular flexibility index (Phi) is 1.59. The minimum Gasteiger partial charge on any atom is -0.324 e. The highest BCUT2D eigenvalue weighted by molar-refractivity contribution is 7.07. The highest BCUT2D eigenvalue weighted by Gasteiger charge is 2.08. The fourth-order valence-corrected chi connectivity index (χ4v) is 2.38. The summed E-state index contributed by atoms with van der Waals surface area (Å²) in [6, 6.07) is 2.41. The van der Waals surface area contributed by atoms with E-state index < -0.39 is 0 Å². The lowest BCUT2D eigenvalue weighted by Gasteiger charge is -2.11. The van der Waals surface area contributed by atoms with Crippen LogP contribution in [0.5, 0.6) is 0 Å². The molecule has 2 N–H and O–H groups in total. The van der Waals surface area contributed by atoms with E-state index in [2.05, 4.69) is 24.4 Å². The summed E-state index contributed by atoms with van der Waals surface area (Å²) in [5, 5.41) is 3.50. The Bertz CT molecular complexity index is 375. The van der Waals surface area contributed by atoms with Gasteiger partial charge >= 0.3 is 0 Å². The van der Waals surface area contributed by atoms with E-state index in [4.69, 9.17) is 5.73 Å². The lowest BCUT2D eigenvalue weighted by Crippen LogP contribution is -2.34. The molecule has 1 aliphatic carbocycles. The molecule has 1 unspecified atom stereocenters. The maximum Gasteiger partial charge on any atom is 0.0344 e. The molecule has 11 heavy (non-hydrogen) atoms. The van der Waals surface area contributed by atoms with E-state index in [9.17, 15) is 0 Å². The molecule has 58 valence electrons. The Morgan fingerprint density at radius 1 is 1.64 bits per heavy atom. The Morgan fingerprint density at radius 3 is 3.27 bits per heavy atom. The molecular weight excluding hydrogens is 154 g/mol. The minimum atomic E-state index is 0.251. The Balaban J connectivity index is 2.82. The van der Waals surface area contributed by atoms with Crippen molar-refractivity contribution < 1.29 is 0 Å². The lowest BCUT2D eigenvalue weighted by atomic mass is 10.0. The molecule has 1 atom stereocenters. The second-order valence-electron chi connectivity index (χ2n) is 2.93. The van der Waals surface area contributed by atoms with Gasteiger partial charge in [-0.25, -0.2) is 0 Å². The first-order valence-corrected chi connectivity index (χ1v) is 4.67. The molecule has 0 amide bonds. The first-order valence-electron chi connectivity index (χ1n) is 3.79. The second kappa shape index (κ2) is 2.47. The maximum atomic E-state index is 5.89. The summed E-state index contributed by atoms with van der Waals surface area (Å²) in [6.45, 7) is 2.13. The van der Waals surface area contributed by atoms with E-state index in [1.807, 2.05) is 0 Å². The van der Waals surface area contributed by atoms with Gasteiger partial charge in [0.15, 0.2) is 0 Å². The third kappa shape index (κ3) is 1.03. The fraction of sp³-hybridized carbons (Fsp3) is 0.333. The number of hydrogen-bond acceptors (Lipinski definition) is 2.